The Morgan fingerprint density at radius 1 is 0.667 bits per heavy atom. The second-order valence-corrected chi connectivity index (χ2v) is 15.5. The van der Waals surface area contributed by atoms with Crippen molar-refractivity contribution in [2.75, 3.05) is 13.2 Å². The number of nitrogens with one attached hydrogen (secondary N) is 1. The Morgan fingerprint density at radius 3 is 1.63 bits per heavy atom. The third-order valence-corrected chi connectivity index (χ3v) is 10.8. The van der Waals surface area contributed by atoms with Crippen LogP contribution in [0.5, 0.6) is 0 Å². The highest BCUT2D eigenvalue weighted by Crippen LogP contribution is 2.23. The highest BCUT2D eigenvalue weighted by atomic mass is 16.7. The lowest BCUT2D eigenvalue weighted by atomic mass is 9.98. The molecule has 7 N–H and O–H groups in total. The van der Waals surface area contributed by atoms with E-state index in [-0.39, 0.29) is 18.9 Å². The number of hydrogen-bond acceptors (Lipinski definition) is 9. The van der Waals surface area contributed by atoms with Gasteiger partial charge in [-0.05, 0) is 18.8 Å². The fourth-order valence-corrected chi connectivity index (χ4v) is 6.94. The fourth-order valence-electron chi connectivity index (χ4n) is 6.94. The maximum absolute atomic E-state index is 12.9. The number of aliphatic hydroxyl groups excluding tert-OH is 6. The van der Waals surface area contributed by atoms with Crippen LogP contribution >= 0.6 is 0 Å². The minimum absolute atomic E-state index is 0.258. The van der Waals surface area contributed by atoms with Gasteiger partial charge < -0.3 is 45.4 Å². The van der Waals surface area contributed by atoms with Crippen molar-refractivity contribution in [1.82, 2.24) is 5.32 Å². The lowest BCUT2D eigenvalue weighted by Gasteiger charge is -2.40. The maximum atomic E-state index is 12.9. The largest absolute Gasteiger partial charge is 0.394 e. The Morgan fingerprint density at radius 2 is 1.14 bits per heavy atom. The first-order valence-corrected chi connectivity index (χ1v) is 21.2. The average Bonchev–Trinajstić information content (AvgIpc) is 3.13. The summed E-state index contributed by atoms with van der Waals surface area (Å²) in [6, 6.07) is -0.985. The molecule has 10 nitrogen and oxygen atoms in total. The summed E-state index contributed by atoms with van der Waals surface area (Å²) < 4.78 is 11.1. The number of hydrogen-bond donors (Lipinski definition) is 7. The average molecular weight is 732 g/mol. The summed E-state index contributed by atoms with van der Waals surface area (Å²) >= 11 is 0. The summed E-state index contributed by atoms with van der Waals surface area (Å²) in [5.74, 6) is 0.537. The van der Waals surface area contributed by atoms with Crippen molar-refractivity contribution < 1.29 is 44.9 Å². The minimum atomic E-state index is -1.60. The van der Waals surface area contributed by atoms with Crippen LogP contribution in [0.3, 0.4) is 0 Å². The number of carbonyl (C=O) groups excluding carboxylic acids is 1. The summed E-state index contributed by atoms with van der Waals surface area (Å²) in [5.41, 5.74) is 0. The van der Waals surface area contributed by atoms with Gasteiger partial charge in [0.15, 0.2) is 6.29 Å². The monoisotopic (exact) mass is 732 g/mol. The van der Waals surface area contributed by atoms with Gasteiger partial charge in [-0.25, -0.2) is 0 Å². The second-order valence-electron chi connectivity index (χ2n) is 15.5. The molecule has 1 amide bonds. The predicted molar refractivity (Wildman–Crippen MR) is 204 cm³/mol. The van der Waals surface area contributed by atoms with Crippen LogP contribution in [-0.4, -0.2) is 98.7 Å². The third-order valence-electron chi connectivity index (χ3n) is 10.8. The summed E-state index contributed by atoms with van der Waals surface area (Å²) in [6.07, 6.45) is 19.7. The highest BCUT2D eigenvalue weighted by molar-refractivity contribution is 5.76. The molecule has 0 aromatic rings. The number of amides is 1. The number of carbonyl (C=O) groups is 1. The quantitative estimate of drug-likeness (QED) is 0.0351. The molecular weight excluding hydrogens is 650 g/mol. The van der Waals surface area contributed by atoms with E-state index >= 15 is 0 Å². The first-order valence-electron chi connectivity index (χ1n) is 21.2. The molecule has 0 aliphatic carbocycles. The topological polar surface area (TPSA) is 169 Å². The Balaban J connectivity index is 2.44. The molecule has 1 heterocycles. The maximum Gasteiger partial charge on any atom is 0.220 e. The van der Waals surface area contributed by atoms with Crippen LogP contribution < -0.4 is 5.32 Å². The zero-order valence-corrected chi connectivity index (χ0v) is 32.9. The van der Waals surface area contributed by atoms with E-state index in [9.17, 15) is 35.4 Å². The van der Waals surface area contributed by atoms with E-state index in [1.807, 2.05) is 0 Å². The summed E-state index contributed by atoms with van der Waals surface area (Å²) in [4.78, 5) is 12.9. The molecule has 0 saturated carbocycles. The molecule has 1 rings (SSSR count). The standard InChI is InChI=1S/C41H81NO9/c1-4-6-7-8-9-10-11-12-13-14-15-16-20-23-26-29-36(45)42-33(31-50-41-40(49)39(48)38(47)35(30-43)51-41)37(46)34(44)28-25-22-19-17-18-21-24-27-32(3)5-2/h32-35,37-41,43-44,46-49H,4-31H2,1-3H3,(H,42,45). The number of aliphatic hydroxyl groups is 6. The molecule has 304 valence electrons. The molecule has 10 heteroatoms. The first kappa shape index (κ1) is 48.2. The molecule has 1 saturated heterocycles. The molecule has 0 radical (unpaired) electrons. The summed E-state index contributed by atoms with van der Waals surface area (Å²) in [6.45, 7) is 5.90. The molecule has 0 aromatic heterocycles. The van der Waals surface area contributed by atoms with Crippen molar-refractivity contribution >= 4 is 5.91 Å². The first-order chi connectivity index (χ1) is 24.7. The number of rotatable bonds is 34. The van der Waals surface area contributed by atoms with E-state index in [2.05, 4.69) is 26.1 Å². The van der Waals surface area contributed by atoms with Crippen molar-refractivity contribution in [3.8, 4) is 0 Å². The number of ether oxygens (including phenoxy) is 2. The van der Waals surface area contributed by atoms with Crippen LogP contribution in [0.25, 0.3) is 0 Å². The molecule has 1 aliphatic heterocycles. The molecule has 51 heavy (non-hydrogen) atoms. The third kappa shape index (κ3) is 22.9. The van der Waals surface area contributed by atoms with E-state index in [0.29, 0.717) is 6.42 Å². The zero-order valence-electron chi connectivity index (χ0n) is 32.9. The van der Waals surface area contributed by atoms with Crippen LogP contribution in [0.2, 0.25) is 0 Å². The Kier molecular flexibility index (Phi) is 29.7. The van der Waals surface area contributed by atoms with Crippen LogP contribution in [0.4, 0.5) is 0 Å². The van der Waals surface area contributed by atoms with Crippen LogP contribution in [0, 0.1) is 5.92 Å². The highest BCUT2D eigenvalue weighted by Gasteiger charge is 2.44. The Labute approximate surface area is 311 Å². The Hall–Kier alpha value is -0.850. The van der Waals surface area contributed by atoms with E-state index in [4.69, 9.17) is 9.47 Å². The van der Waals surface area contributed by atoms with Gasteiger partial charge in [-0.2, -0.15) is 0 Å². The van der Waals surface area contributed by atoms with Gasteiger partial charge in [0.05, 0.1) is 25.4 Å². The van der Waals surface area contributed by atoms with Crippen LogP contribution in [0.15, 0.2) is 0 Å². The minimum Gasteiger partial charge on any atom is -0.394 e. The van der Waals surface area contributed by atoms with Gasteiger partial charge in [-0.3, -0.25) is 4.79 Å². The Bertz CT molecular complexity index is 803. The van der Waals surface area contributed by atoms with Gasteiger partial charge in [-0.1, -0.05) is 168 Å². The van der Waals surface area contributed by atoms with E-state index < -0.39 is 55.6 Å². The predicted octanol–water partition coefficient (Wildman–Crippen LogP) is 6.83. The van der Waals surface area contributed by atoms with E-state index in [1.165, 1.54) is 103 Å². The van der Waals surface area contributed by atoms with E-state index in [1.54, 1.807) is 0 Å². The molecule has 0 bridgehead atoms. The smallest absolute Gasteiger partial charge is 0.220 e. The zero-order chi connectivity index (χ0) is 37.7. The van der Waals surface area contributed by atoms with Gasteiger partial charge >= 0.3 is 0 Å². The molecule has 0 aromatic carbocycles. The van der Waals surface area contributed by atoms with Crippen molar-refractivity contribution in [3.05, 3.63) is 0 Å². The fraction of sp³-hybridized carbons (Fsp3) is 0.976. The number of unbranched alkanes of at least 4 members (excludes halogenated alkanes) is 20. The summed E-state index contributed by atoms with van der Waals surface area (Å²) in [5, 5.41) is 64.9. The normalized spacial score (nSPS) is 23.2. The molecule has 9 atom stereocenters. The second kappa shape index (κ2) is 31.5. The molecule has 1 aliphatic rings. The van der Waals surface area contributed by atoms with Crippen LogP contribution in [-0.2, 0) is 14.3 Å². The SMILES string of the molecule is CCCCCCCCCCCCCCCCCC(=O)NC(COC1OC(CO)C(O)C(O)C1O)C(O)C(O)CCCCCCCCCC(C)CC. The molecule has 0 spiro atoms. The molecular formula is C41H81NO9. The molecule has 9 unspecified atom stereocenters. The summed E-state index contributed by atoms with van der Waals surface area (Å²) in [7, 11) is 0. The van der Waals surface area contributed by atoms with Crippen molar-refractivity contribution in [2.24, 2.45) is 5.92 Å². The van der Waals surface area contributed by atoms with Crippen molar-refractivity contribution in [3.63, 3.8) is 0 Å². The van der Waals surface area contributed by atoms with Crippen molar-refractivity contribution in [2.45, 2.75) is 237 Å². The lowest BCUT2D eigenvalue weighted by Crippen LogP contribution is -2.60. The van der Waals surface area contributed by atoms with Gasteiger partial charge in [0, 0.05) is 6.42 Å². The van der Waals surface area contributed by atoms with Gasteiger partial charge in [-0.15, -0.1) is 0 Å². The van der Waals surface area contributed by atoms with E-state index in [0.717, 1.165) is 57.3 Å². The molecule has 1 fully saturated rings. The van der Waals surface area contributed by atoms with Gasteiger partial charge in [0.2, 0.25) is 5.91 Å². The van der Waals surface area contributed by atoms with Crippen LogP contribution in [0.1, 0.15) is 188 Å². The lowest BCUT2D eigenvalue weighted by molar-refractivity contribution is -0.303. The van der Waals surface area contributed by atoms with Gasteiger partial charge in [0.25, 0.3) is 0 Å². The van der Waals surface area contributed by atoms with Gasteiger partial charge in [0.1, 0.15) is 30.5 Å². The van der Waals surface area contributed by atoms with Crippen molar-refractivity contribution in [1.29, 1.82) is 0 Å².